The molecule has 0 heterocycles. The van der Waals surface area contributed by atoms with Crippen molar-refractivity contribution in [2.75, 3.05) is 18.0 Å². The minimum Gasteiger partial charge on any atom is -0.495 e. The van der Waals surface area contributed by atoms with E-state index in [-0.39, 0.29) is 21.6 Å². The molecule has 0 bridgehead atoms. The van der Waals surface area contributed by atoms with Gasteiger partial charge in [-0.25, -0.2) is 8.42 Å². The Kier molecular flexibility index (Phi) is 8.46. The number of amides is 1. The summed E-state index contributed by atoms with van der Waals surface area (Å²) < 4.78 is 33.5. The summed E-state index contributed by atoms with van der Waals surface area (Å²) in [7, 11) is -2.57. The van der Waals surface area contributed by atoms with Gasteiger partial charge in [-0.2, -0.15) is 0 Å². The van der Waals surface area contributed by atoms with Crippen molar-refractivity contribution in [3.05, 3.63) is 87.9 Å². The van der Waals surface area contributed by atoms with Gasteiger partial charge in [0.05, 0.1) is 28.8 Å². The largest absolute Gasteiger partial charge is 0.495 e. The summed E-state index contributed by atoms with van der Waals surface area (Å²) >= 11 is 6.30. The summed E-state index contributed by atoms with van der Waals surface area (Å²) in [5.74, 6) is -0.00658. The summed E-state index contributed by atoms with van der Waals surface area (Å²) in [6, 6.07) is 17.0. The van der Waals surface area contributed by atoms with Gasteiger partial charge in [0.2, 0.25) is 5.91 Å². The number of nitrogens with zero attached hydrogens (tertiary/aromatic N) is 1. The lowest BCUT2D eigenvalue weighted by Crippen LogP contribution is -2.42. The first-order valence-corrected chi connectivity index (χ1v) is 13.2. The second kappa shape index (κ2) is 11.1. The fourth-order valence-electron chi connectivity index (χ4n) is 3.95. The number of benzene rings is 3. The van der Waals surface area contributed by atoms with Gasteiger partial charge in [-0.15, -0.1) is 0 Å². The Balaban J connectivity index is 1.96. The lowest BCUT2D eigenvalue weighted by Gasteiger charge is -2.26. The van der Waals surface area contributed by atoms with Crippen molar-refractivity contribution in [3.8, 4) is 5.75 Å². The van der Waals surface area contributed by atoms with Gasteiger partial charge in [-0.1, -0.05) is 60.0 Å². The van der Waals surface area contributed by atoms with E-state index < -0.39 is 22.5 Å². The molecule has 8 heteroatoms. The van der Waals surface area contributed by atoms with Crippen LogP contribution in [0.2, 0.25) is 5.02 Å². The molecule has 3 rings (SSSR count). The number of halogens is 1. The number of methoxy groups -OCH3 is 1. The highest BCUT2D eigenvalue weighted by Crippen LogP contribution is 2.32. The van der Waals surface area contributed by atoms with E-state index in [1.54, 1.807) is 24.3 Å². The van der Waals surface area contributed by atoms with Gasteiger partial charge in [-0.05, 0) is 68.7 Å². The molecule has 3 aromatic rings. The number of hydrogen-bond donors (Lipinski definition) is 1. The van der Waals surface area contributed by atoms with Crippen molar-refractivity contribution in [2.24, 2.45) is 0 Å². The van der Waals surface area contributed by atoms with Gasteiger partial charge in [0.1, 0.15) is 12.3 Å². The third-order valence-corrected chi connectivity index (χ3v) is 7.95. The van der Waals surface area contributed by atoms with Gasteiger partial charge in [0.25, 0.3) is 10.0 Å². The number of hydrogen-bond acceptors (Lipinski definition) is 4. The average Bonchev–Trinajstić information content (AvgIpc) is 2.81. The van der Waals surface area contributed by atoms with Gasteiger partial charge < -0.3 is 10.1 Å². The molecular weight excluding hydrogens is 484 g/mol. The number of aryl methyl sites for hydroxylation is 3. The van der Waals surface area contributed by atoms with Gasteiger partial charge >= 0.3 is 0 Å². The number of anilines is 1. The Morgan fingerprint density at radius 1 is 1.00 bits per heavy atom. The van der Waals surface area contributed by atoms with Crippen molar-refractivity contribution in [3.63, 3.8) is 0 Å². The Bertz CT molecular complexity index is 1310. The molecule has 35 heavy (non-hydrogen) atoms. The van der Waals surface area contributed by atoms with Crippen molar-refractivity contribution >= 4 is 33.2 Å². The smallest absolute Gasteiger partial charge is 0.264 e. The fourth-order valence-corrected chi connectivity index (χ4v) is 5.61. The highest BCUT2D eigenvalue weighted by molar-refractivity contribution is 7.92. The number of rotatable bonds is 9. The molecule has 186 valence electrons. The zero-order valence-corrected chi connectivity index (χ0v) is 22.2. The van der Waals surface area contributed by atoms with Crippen molar-refractivity contribution in [2.45, 2.75) is 45.1 Å². The Hall–Kier alpha value is -3.03. The van der Waals surface area contributed by atoms with Crippen LogP contribution in [-0.2, 0) is 14.8 Å². The lowest BCUT2D eigenvalue weighted by molar-refractivity contribution is -0.120. The van der Waals surface area contributed by atoms with Crippen molar-refractivity contribution in [1.82, 2.24) is 5.32 Å². The third-order valence-electron chi connectivity index (χ3n) is 5.86. The highest BCUT2D eigenvalue weighted by Gasteiger charge is 2.28. The van der Waals surface area contributed by atoms with E-state index in [1.807, 2.05) is 39.8 Å². The Labute approximate surface area is 212 Å². The number of carbonyl (C=O) groups excluding carboxylic acids is 1. The summed E-state index contributed by atoms with van der Waals surface area (Å²) in [6.07, 6.45) is 0.661. The summed E-state index contributed by atoms with van der Waals surface area (Å²) in [6.45, 7) is 7.48. The molecule has 6 nitrogen and oxygen atoms in total. The molecule has 0 spiro atoms. The zero-order chi connectivity index (χ0) is 25.8. The van der Waals surface area contributed by atoms with Crippen LogP contribution in [0.25, 0.3) is 0 Å². The van der Waals surface area contributed by atoms with Crippen LogP contribution in [-0.4, -0.2) is 28.0 Å². The minimum atomic E-state index is -4.05. The van der Waals surface area contributed by atoms with E-state index in [1.165, 1.54) is 25.3 Å². The molecule has 0 fully saturated rings. The zero-order valence-electron chi connectivity index (χ0n) is 20.6. The standard InChI is InChI=1S/C27H31ClN2O4S/c1-6-25(23-13-9-19(3)15-20(23)4)29-27(31)17-30(21-10-14-26(34-5)24(28)16-21)35(32,33)22-11-7-18(2)8-12-22/h7-16,25H,6,17H2,1-5H3,(H,29,31). The summed E-state index contributed by atoms with van der Waals surface area (Å²) in [4.78, 5) is 13.3. The van der Waals surface area contributed by atoms with Crippen LogP contribution >= 0.6 is 11.6 Å². The minimum absolute atomic E-state index is 0.0873. The van der Waals surface area contributed by atoms with E-state index in [9.17, 15) is 13.2 Å². The Morgan fingerprint density at radius 3 is 2.23 bits per heavy atom. The average molecular weight is 515 g/mol. The number of nitrogens with one attached hydrogen (secondary N) is 1. The molecule has 1 N–H and O–H groups in total. The molecule has 1 amide bonds. The number of carbonyl (C=O) groups is 1. The van der Waals surface area contributed by atoms with Crippen LogP contribution in [0.15, 0.2) is 65.6 Å². The molecule has 3 aromatic carbocycles. The second-order valence-electron chi connectivity index (χ2n) is 8.53. The topological polar surface area (TPSA) is 75.7 Å². The predicted octanol–water partition coefficient (Wildman–Crippen LogP) is 5.74. The summed E-state index contributed by atoms with van der Waals surface area (Å²) in [5, 5.41) is 3.26. The van der Waals surface area contributed by atoms with Crippen LogP contribution < -0.4 is 14.4 Å². The predicted molar refractivity (Wildman–Crippen MR) is 141 cm³/mol. The first kappa shape index (κ1) is 26.6. The molecule has 0 aliphatic rings. The highest BCUT2D eigenvalue weighted by atomic mass is 35.5. The monoisotopic (exact) mass is 514 g/mol. The Morgan fingerprint density at radius 2 is 1.66 bits per heavy atom. The van der Waals surface area contributed by atoms with E-state index >= 15 is 0 Å². The van der Waals surface area contributed by atoms with Crippen LogP contribution in [0.4, 0.5) is 5.69 Å². The number of sulfonamides is 1. The maximum Gasteiger partial charge on any atom is 0.264 e. The van der Waals surface area contributed by atoms with E-state index in [0.717, 1.165) is 26.6 Å². The SMILES string of the molecule is CCC(NC(=O)CN(c1ccc(OC)c(Cl)c1)S(=O)(=O)c1ccc(C)cc1)c1ccc(C)cc1C. The lowest BCUT2D eigenvalue weighted by atomic mass is 9.97. The van der Waals surface area contributed by atoms with Crippen molar-refractivity contribution < 1.29 is 17.9 Å². The quantitative estimate of drug-likeness (QED) is 0.395. The van der Waals surface area contributed by atoms with Gasteiger partial charge in [-0.3, -0.25) is 9.10 Å². The molecule has 0 aliphatic heterocycles. The van der Waals surface area contributed by atoms with Gasteiger partial charge in [0.15, 0.2) is 0 Å². The molecule has 0 radical (unpaired) electrons. The van der Waals surface area contributed by atoms with Crippen LogP contribution in [0, 0.1) is 20.8 Å². The van der Waals surface area contributed by atoms with E-state index in [0.29, 0.717) is 12.2 Å². The maximum absolute atomic E-state index is 13.6. The molecular formula is C27H31ClN2O4S. The maximum atomic E-state index is 13.6. The van der Waals surface area contributed by atoms with Crippen LogP contribution in [0.1, 0.15) is 41.6 Å². The van der Waals surface area contributed by atoms with Gasteiger partial charge in [0, 0.05) is 0 Å². The first-order valence-electron chi connectivity index (χ1n) is 11.4. The fraction of sp³-hybridized carbons (Fsp3) is 0.296. The normalized spacial score (nSPS) is 12.2. The first-order chi connectivity index (χ1) is 16.6. The molecule has 1 unspecified atom stereocenters. The molecule has 0 saturated heterocycles. The van der Waals surface area contributed by atoms with E-state index in [2.05, 4.69) is 11.4 Å². The van der Waals surface area contributed by atoms with Crippen LogP contribution in [0.5, 0.6) is 5.75 Å². The van der Waals surface area contributed by atoms with E-state index in [4.69, 9.17) is 16.3 Å². The number of ether oxygens (including phenoxy) is 1. The summed E-state index contributed by atoms with van der Waals surface area (Å²) in [5.41, 5.74) is 4.42. The molecule has 0 saturated carbocycles. The van der Waals surface area contributed by atoms with Crippen LogP contribution in [0.3, 0.4) is 0 Å². The van der Waals surface area contributed by atoms with Crippen molar-refractivity contribution in [1.29, 1.82) is 0 Å². The molecule has 0 aliphatic carbocycles. The molecule has 1 atom stereocenters. The second-order valence-corrected chi connectivity index (χ2v) is 10.8. The third kappa shape index (κ3) is 6.16. The molecule has 0 aromatic heterocycles.